The van der Waals surface area contributed by atoms with Crippen LogP contribution in [-0.2, 0) is 0 Å². The molecule has 2 N–H and O–H groups in total. The quantitative estimate of drug-likeness (QED) is 0.920. The summed E-state index contributed by atoms with van der Waals surface area (Å²) < 4.78 is 10.3. The predicted molar refractivity (Wildman–Crippen MR) is 72.0 cm³/mol. The third-order valence-corrected chi connectivity index (χ3v) is 2.93. The van der Waals surface area contributed by atoms with Gasteiger partial charge in [-0.15, -0.1) is 0 Å². The lowest BCUT2D eigenvalue weighted by Gasteiger charge is -2.16. The minimum atomic E-state index is 0.269. The van der Waals surface area contributed by atoms with Crippen molar-refractivity contribution >= 4 is 17.5 Å². The van der Waals surface area contributed by atoms with Crippen LogP contribution in [-0.4, -0.2) is 12.3 Å². The molecule has 18 heavy (non-hydrogen) atoms. The van der Waals surface area contributed by atoms with E-state index in [2.05, 4.69) is 19.0 Å². The molecule has 0 fully saturated rings. The first-order valence-electron chi connectivity index (χ1n) is 5.63. The van der Waals surface area contributed by atoms with Crippen molar-refractivity contribution in [1.29, 1.82) is 0 Å². The average molecular weight is 267 g/mol. The number of rotatable bonds is 3. The fourth-order valence-corrected chi connectivity index (χ4v) is 2.19. The predicted octanol–water partition coefficient (Wildman–Crippen LogP) is 3.71. The Bertz CT molecular complexity index is 564. The van der Waals surface area contributed by atoms with Crippen LogP contribution in [0.4, 0.5) is 5.88 Å². The Morgan fingerprint density at radius 3 is 2.56 bits per heavy atom. The van der Waals surface area contributed by atoms with Crippen molar-refractivity contribution in [3.63, 3.8) is 0 Å². The van der Waals surface area contributed by atoms with Crippen LogP contribution in [0.2, 0.25) is 5.02 Å². The fourth-order valence-electron chi connectivity index (χ4n) is 1.99. The van der Waals surface area contributed by atoms with Crippen LogP contribution in [0.5, 0.6) is 5.75 Å². The van der Waals surface area contributed by atoms with Gasteiger partial charge in [0.2, 0.25) is 5.88 Å². The number of nitrogens with zero attached hydrogens (tertiary/aromatic N) is 1. The summed E-state index contributed by atoms with van der Waals surface area (Å²) in [4.78, 5) is 0. The van der Waals surface area contributed by atoms with Gasteiger partial charge in [-0.05, 0) is 18.1 Å². The smallest absolute Gasteiger partial charge is 0.222 e. The summed E-state index contributed by atoms with van der Waals surface area (Å²) in [7, 11) is 1.62. The maximum atomic E-state index is 6.09. The molecule has 0 aliphatic rings. The van der Waals surface area contributed by atoms with Crippen LogP contribution in [0.25, 0.3) is 11.3 Å². The minimum absolute atomic E-state index is 0.269. The van der Waals surface area contributed by atoms with Gasteiger partial charge < -0.3 is 15.0 Å². The summed E-state index contributed by atoms with van der Waals surface area (Å²) >= 11 is 6.09. The Kier molecular flexibility index (Phi) is 3.48. The van der Waals surface area contributed by atoms with Gasteiger partial charge in [0.05, 0.1) is 7.11 Å². The van der Waals surface area contributed by atoms with E-state index < -0.39 is 0 Å². The first-order valence-corrected chi connectivity index (χ1v) is 6.00. The van der Waals surface area contributed by atoms with Crippen LogP contribution in [0.15, 0.2) is 22.7 Å². The van der Waals surface area contributed by atoms with Gasteiger partial charge in [0, 0.05) is 22.2 Å². The number of ether oxygens (including phenoxy) is 1. The van der Waals surface area contributed by atoms with Gasteiger partial charge in [0.1, 0.15) is 11.4 Å². The van der Waals surface area contributed by atoms with Gasteiger partial charge in [-0.25, -0.2) is 0 Å². The molecule has 2 aromatic rings. The summed E-state index contributed by atoms with van der Waals surface area (Å²) in [5.74, 6) is 1.29. The largest absolute Gasteiger partial charge is 0.496 e. The Labute approximate surface area is 111 Å². The molecule has 1 aromatic heterocycles. The summed E-state index contributed by atoms with van der Waals surface area (Å²) in [6.07, 6.45) is 0. The van der Waals surface area contributed by atoms with E-state index >= 15 is 0 Å². The number of aromatic nitrogens is 1. The van der Waals surface area contributed by atoms with Gasteiger partial charge in [-0.1, -0.05) is 30.6 Å². The molecule has 0 unspecified atom stereocenters. The lowest BCUT2D eigenvalue weighted by molar-refractivity contribution is 0.407. The Morgan fingerprint density at radius 1 is 1.33 bits per heavy atom. The molecule has 0 saturated carbocycles. The van der Waals surface area contributed by atoms with Crippen molar-refractivity contribution < 1.29 is 9.26 Å². The molecule has 5 heteroatoms. The number of hydrogen-bond acceptors (Lipinski definition) is 4. The summed E-state index contributed by atoms with van der Waals surface area (Å²) in [5, 5.41) is 4.52. The van der Waals surface area contributed by atoms with Crippen LogP contribution in [0, 0.1) is 0 Å². The maximum absolute atomic E-state index is 6.09. The van der Waals surface area contributed by atoms with E-state index in [9.17, 15) is 0 Å². The molecule has 0 aliphatic carbocycles. The summed E-state index contributed by atoms with van der Waals surface area (Å²) in [5.41, 5.74) is 8.14. The van der Waals surface area contributed by atoms with E-state index in [-0.39, 0.29) is 11.8 Å². The third kappa shape index (κ3) is 2.29. The number of benzene rings is 1. The topological polar surface area (TPSA) is 61.3 Å². The molecule has 4 nitrogen and oxygen atoms in total. The van der Waals surface area contributed by atoms with Gasteiger partial charge >= 0.3 is 0 Å². The van der Waals surface area contributed by atoms with Crippen molar-refractivity contribution in [3.8, 4) is 17.0 Å². The highest BCUT2D eigenvalue weighted by Gasteiger charge is 2.18. The molecule has 0 atom stereocenters. The monoisotopic (exact) mass is 266 g/mol. The molecule has 0 bridgehead atoms. The number of halogens is 1. The second-order valence-corrected chi connectivity index (χ2v) is 4.77. The lowest BCUT2D eigenvalue weighted by Crippen LogP contribution is -1.98. The summed E-state index contributed by atoms with van der Waals surface area (Å²) in [6, 6.07) is 5.32. The van der Waals surface area contributed by atoms with E-state index in [4.69, 9.17) is 26.6 Å². The molecule has 0 amide bonds. The highest BCUT2D eigenvalue weighted by atomic mass is 35.5. The van der Waals surface area contributed by atoms with Crippen molar-refractivity contribution in [1.82, 2.24) is 5.16 Å². The van der Waals surface area contributed by atoms with Crippen molar-refractivity contribution in [2.24, 2.45) is 0 Å². The number of nitrogens with two attached hydrogens (primary N) is 1. The second kappa shape index (κ2) is 4.90. The number of anilines is 1. The van der Waals surface area contributed by atoms with Crippen molar-refractivity contribution in [2.45, 2.75) is 19.8 Å². The third-order valence-electron chi connectivity index (χ3n) is 2.71. The first-order chi connectivity index (χ1) is 8.52. The molecule has 1 heterocycles. The maximum Gasteiger partial charge on any atom is 0.222 e. The Balaban J connectivity index is 2.68. The first kappa shape index (κ1) is 12.8. The number of nitrogen functional groups attached to an aromatic ring is 1. The van der Waals surface area contributed by atoms with Crippen LogP contribution >= 0.6 is 11.6 Å². The van der Waals surface area contributed by atoms with E-state index in [1.807, 2.05) is 6.07 Å². The lowest BCUT2D eigenvalue weighted by atomic mass is 9.94. The van der Waals surface area contributed by atoms with E-state index in [0.717, 1.165) is 16.9 Å². The zero-order valence-corrected chi connectivity index (χ0v) is 11.3. The second-order valence-electron chi connectivity index (χ2n) is 4.34. The molecule has 96 valence electrons. The van der Waals surface area contributed by atoms with Gasteiger partial charge in [-0.2, -0.15) is 0 Å². The Hall–Kier alpha value is -1.68. The van der Waals surface area contributed by atoms with Crippen LogP contribution in [0.1, 0.15) is 25.3 Å². The molecular weight excluding hydrogens is 252 g/mol. The minimum Gasteiger partial charge on any atom is -0.496 e. The summed E-state index contributed by atoms with van der Waals surface area (Å²) in [6.45, 7) is 4.16. The van der Waals surface area contributed by atoms with Gasteiger partial charge in [0.15, 0.2) is 0 Å². The molecule has 0 aliphatic heterocycles. The van der Waals surface area contributed by atoms with Crippen LogP contribution in [0.3, 0.4) is 0 Å². The zero-order chi connectivity index (χ0) is 13.3. The van der Waals surface area contributed by atoms with Gasteiger partial charge in [0.25, 0.3) is 0 Å². The highest BCUT2D eigenvalue weighted by Crippen LogP contribution is 2.38. The molecule has 2 rings (SSSR count). The SMILES string of the molecule is COc1cc(Cl)cc(-c2cc(N)on2)c1C(C)C. The number of methoxy groups -OCH3 is 1. The average Bonchev–Trinajstić information content (AvgIpc) is 2.74. The van der Waals surface area contributed by atoms with E-state index in [1.165, 1.54) is 0 Å². The Morgan fingerprint density at radius 2 is 2.06 bits per heavy atom. The standard InChI is InChI=1S/C13H15ClN2O2/c1-7(2)13-9(10-6-12(15)18-16-10)4-8(14)5-11(13)17-3/h4-7H,15H2,1-3H3. The normalized spacial score (nSPS) is 10.9. The van der Waals surface area contributed by atoms with E-state index in [1.54, 1.807) is 19.2 Å². The zero-order valence-electron chi connectivity index (χ0n) is 10.5. The molecule has 0 saturated heterocycles. The molecule has 0 spiro atoms. The van der Waals surface area contributed by atoms with Crippen molar-refractivity contribution in [3.05, 3.63) is 28.8 Å². The highest BCUT2D eigenvalue weighted by molar-refractivity contribution is 6.31. The molecule has 0 radical (unpaired) electrons. The molecule has 1 aromatic carbocycles. The fraction of sp³-hybridized carbons (Fsp3) is 0.308. The van der Waals surface area contributed by atoms with Crippen LogP contribution < -0.4 is 10.5 Å². The van der Waals surface area contributed by atoms with Gasteiger partial charge in [-0.3, -0.25) is 0 Å². The molecular formula is C13H15ClN2O2. The van der Waals surface area contributed by atoms with E-state index in [0.29, 0.717) is 10.7 Å². The number of hydrogen-bond donors (Lipinski definition) is 1. The van der Waals surface area contributed by atoms with Crippen molar-refractivity contribution in [2.75, 3.05) is 12.8 Å².